The van der Waals surface area contributed by atoms with Gasteiger partial charge in [-0.2, -0.15) is 4.98 Å². The first-order valence-corrected chi connectivity index (χ1v) is 10.7. The second kappa shape index (κ2) is 10.0. The van der Waals surface area contributed by atoms with Crippen molar-refractivity contribution in [3.63, 3.8) is 0 Å². The van der Waals surface area contributed by atoms with Gasteiger partial charge in [-0.3, -0.25) is 4.79 Å². The Kier molecular flexibility index (Phi) is 6.72. The maximum Gasteiger partial charge on any atom is 0.258 e. The first kappa shape index (κ1) is 21.5. The van der Waals surface area contributed by atoms with Crippen molar-refractivity contribution < 1.29 is 9.32 Å². The van der Waals surface area contributed by atoms with Crippen molar-refractivity contribution in [1.29, 1.82) is 0 Å². The number of carbonyl (C=O) groups excluding carboxylic acids is 1. The summed E-state index contributed by atoms with van der Waals surface area (Å²) in [7, 11) is 0. The van der Waals surface area contributed by atoms with Crippen molar-refractivity contribution in [1.82, 2.24) is 20.8 Å². The highest BCUT2D eigenvalue weighted by atomic mass is 16.5. The van der Waals surface area contributed by atoms with Crippen LogP contribution in [0.3, 0.4) is 0 Å². The molecule has 162 valence electrons. The van der Waals surface area contributed by atoms with Gasteiger partial charge >= 0.3 is 0 Å². The predicted octanol–water partition coefficient (Wildman–Crippen LogP) is 4.60. The summed E-state index contributed by atoms with van der Waals surface area (Å²) >= 11 is 0. The Balaban J connectivity index is 1.51. The van der Waals surface area contributed by atoms with Crippen molar-refractivity contribution in [2.75, 3.05) is 13.1 Å². The van der Waals surface area contributed by atoms with Crippen LogP contribution in [0.15, 0.2) is 77.3 Å². The maximum atomic E-state index is 10.9. The van der Waals surface area contributed by atoms with Crippen molar-refractivity contribution in [3.05, 3.63) is 83.9 Å². The molecule has 3 aromatic carbocycles. The minimum Gasteiger partial charge on any atom is -0.355 e. The van der Waals surface area contributed by atoms with Gasteiger partial charge in [0.2, 0.25) is 11.7 Å². The third-order valence-electron chi connectivity index (χ3n) is 5.27. The van der Waals surface area contributed by atoms with E-state index in [1.54, 1.807) is 0 Å². The van der Waals surface area contributed by atoms with E-state index in [4.69, 9.17) is 4.52 Å². The molecule has 0 atom stereocenters. The largest absolute Gasteiger partial charge is 0.355 e. The summed E-state index contributed by atoms with van der Waals surface area (Å²) in [6, 6.07) is 24.5. The molecule has 1 amide bonds. The van der Waals surface area contributed by atoms with Gasteiger partial charge < -0.3 is 15.2 Å². The van der Waals surface area contributed by atoms with Crippen LogP contribution < -0.4 is 10.6 Å². The first-order valence-electron chi connectivity index (χ1n) is 10.7. The third-order valence-corrected chi connectivity index (χ3v) is 5.27. The van der Waals surface area contributed by atoms with Crippen LogP contribution in [0.1, 0.15) is 18.1 Å². The number of nitrogens with one attached hydrogen (secondary N) is 2. The zero-order valence-electron chi connectivity index (χ0n) is 18.3. The van der Waals surface area contributed by atoms with E-state index in [0.717, 1.165) is 33.4 Å². The molecule has 0 aliphatic carbocycles. The van der Waals surface area contributed by atoms with E-state index in [9.17, 15) is 4.79 Å². The molecule has 0 fully saturated rings. The zero-order chi connectivity index (χ0) is 22.3. The number of benzene rings is 3. The lowest BCUT2D eigenvalue weighted by molar-refractivity contribution is -0.118. The lowest BCUT2D eigenvalue weighted by atomic mass is 9.96. The lowest BCUT2D eigenvalue weighted by Gasteiger charge is -2.08. The van der Waals surface area contributed by atoms with Gasteiger partial charge in [0.25, 0.3) is 5.89 Å². The van der Waals surface area contributed by atoms with Crippen molar-refractivity contribution >= 4 is 5.91 Å². The number of carbonyl (C=O) groups is 1. The first-order chi connectivity index (χ1) is 15.6. The van der Waals surface area contributed by atoms with Gasteiger partial charge in [0.1, 0.15) is 0 Å². The second-order valence-electron chi connectivity index (χ2n) is 7.63. The molecule has 0 bridgehead atoms. The van der Waals surface area contributed by atoms with Gasteiger partial charge in [-0.1, -0.05) is 65.8 Å². The predicted molar refractivity (Wildman–Crippen MR) is 126 cm³/mol. The van der Waals surface area contributed by atoms with E-state index in [-0.39, 0.29) is 5.91 Å². The Hall–Kier alpha value is -3.77. The molecule has 0 radical (unpaired) electrons. The third kappa shape index (κ3) is 5.10. The van der Waals surface area contributed by atoms with Crippen LogP contribution in [0.4, 0.5) is 0 Å². The molecule has 6 heteroatoms. The van der Waals surface area contributed by atoms with E-state index in [2.05, 4.69) is 45.9 Å². The number of aromatic nitrogens is 2. The van der Waals surface area contributed by atoms with Crippen molar-refractivity contribution in [2.45, 2.75) is 20.4 Å². The molecule has 32 heavy (non-hydrogen) atoms. The topological polar surface area (TPSA) is 80.0 Å². The van der Waals surface area contributed by atoms with E-state index in [1.807, 2.05) is 54.6 Å². The Labute approximate surface area is 187 Å². The van der Waals surface area contributed by atoms with Crippen LogP contribution in [-0.4, -0.2) is 29.1 Å². The molecule has 0 saturated carbocycles. The van der Waals surface area contributed by atoms with Gasteiger partial charge in [-0.25, -0.2) is 0 Å². The average Bonchev–Trinajstić information content (AvgIpc) is 3.30. The summed E-state index contributed by atoms with van der Waals surface area (Å²) in [4.78, 5) is 15.6. The molecule has 6 nitrogen and oxygen atoms in total. The lowest BCUT2D eigenvalue weighted by Crippen LogP contribution is -2.29. The van der Waals surface area contributed by atoms with Crippen LogP contribution in [-0.2, 0) is 11.3 Å². The van der Waals surface area contributed by atoms with Crippen molar-refractivity contribution in [2.24, 2.45) is 0 Å². The molecule has 0 spiro atoms. The van der Waals surface area contributed by atoms with Gasteiger partial charge in [0.15, 0.2) is 0 Å². The van der Waals surface area contributed by atoms with Crippen LogP contribution in [0.5, 0.6) is 0 Å². The standard InChI is InChI=1S/C26H26N4O2/c1-18-23(21-9-4-3-5-10-21)12-7-13-24(18)26-29-25(30-32-26)22-11-6-8-20(16-22)17-27-14-15-28-19(2)31/h3-13,16,27H,14-15,17H2,1-2H3,(H,28,31). The van der Waals surface area contributed by atoms with Crippen LogP contribution >= 0.6 is 0 Å². The van der Waals surface area contributed by atoms with Gasteiger partial charge in [0.05, 0.1) is 0 Å². The highest BCUT2D eigenvalue weighted by Crippen LogP contribution is 2.31. The summed E-state index contributed by atoms with van der Waals surface area (Å²) in [6.07, 6.45) is 0. The minimum absolute atomic E-state index is 0.0220. The number of hydrogen-bond donors (Lipinski definition) is 2. The molecular weight excluding hydrogens is 400 g/mol. The molecule has 1 aromatic heterocycles. The molecule has 1 heterocycles. The molecular formula is C26H26N4O2. The van der Waals surface area contributed by atoms with E-state index < -0.39 is 0 Å². The highest BCUT2D eigenvalue weighted by molar-refractivity contribution is 5.75. The minimum atomic E-state index is -0.0220. The molecule has 0 saturated heterocycles. The fourth-order valence-electron chi connectivity index (χ4n) is 3.63. The highest BCUT2D eigenvalue weighted by Gasteiger charge is 2.15. The average molecular weight is 427 g/mol. The SMILES string of the molecule is CC(=O)NCCNCc1cccc(-c2noc(-c3cccc(-c4ccccc4)c3C)n2)c1. The smallest absolute Gasteiger partial charge is 0.258 e. The fourth-order valence-corrected chi connectivity index (χ4v) is 3.63. The number of rotatable bonds is 8. The Bertz CT molecular complexity index is 1200. The summed E-state index contributed by atoms with van der Waals surface area (Å²) in [5.74, 6) is 1.05. The van der Waals surface area contributed by atoms with E-state index >= 15 is 0 Å². The molecule has 0 aliphatic rings. The number of hydrogen-bond acceptors (Lipinski definition) is 5. The van der Waals surface area contributed by atoms with Crippen molar-refractivity contribution in [3.8, 4) is 34.0 Å². The quantitative estimate of drug-likeness (QED) is 0.402. The van der Waals surface area contributed by atoms with Gasteiger partial charge in [0, 0.05) is 37.7 Å². The van der Waals surface area contributed by atoms with Crippen LogP contribution in [0.25, 0.3) is 34.0 Å². The van der Waals surface area contributed by atoms with E-state index in [1.165, 1.54) is 6.92 Å². The maximum absolute atomic E-state index is 10.9. The van der Waals surface area contributed by atoms with Crippen LogP contribution in [0.2, 0.25) is 0 Å². The Morgan fingerprint density at radius 2 is 1.66 bits per heavy atom. The fraction of sp³-hybridized carbons (Fsp3) is 0.192. The van der Waals surface area contributed by atoms with Gasteiger partial charge in [-0.15, -0.1) is 0 Å². The number of nitrogens with zero attached hydrogens (tertiary/aromatic N) is 2. The normalized spacial score (nSPS) is 10.8. The Morgan fingerprint density at radius 1 is 0.906 bits per heavy atom. The molecule has 0 aliphatic heterocycles. The van der Waals surface area contributed by atoms with Gasteiger partial charge in [-0.05, 0) is 41.3 Å². The molecule has 4 rings (SSSR count). The Morgan fingerprint density at radius 3 is 2.47 bits per heavy atom. The monoisotopic (exact) mass is 426 g/mol. The molecule has 2 N–H and O–H groups in total. The summed E-state index contributed by atoms with van der Waals surface area (Å²) in [5.41, 5.74) is 6.35. The summed E-state index contributed by atoms with van der Waals surface area (Å²) in [5, 5.41) is 10.3. The summed E-state index contributed by atoms with van der Waals surface area (Å²) < 4.78 is 5.64. The van der Waals surface area contributed by atoms with Crippen LogP contribution in [0, 0.1) is 6.92 Å². The number of amides is 1. The zero-order valence-corrected chi connectivity index (χ0v) is 18.3. The molecule has 4 aromatic rings. The summed E-state index contributed by atoms with van der Waals surface area (Å²) in [6.45, 7) is 5.59. The van der Waals surface area contributed by atoms with E-state index in [0.29, 0.717) is 31.3 Å². The molecule has 0 unspecified atom stereocenters. The second-order valence-corrected chi connectivity index (χ2v) is 7.63.